The van der Waals surface area contributed by atoms with Crippen LogP contribution in [0.2, 0.25) is 0 Å². The molecule has 1 N–H and O–H groups in total. The summed E-state index contributed by atoms with van der Waals surface area (Å²) < 4.78 is 0. The second-order valence-corrected chi connectivity index (χ2v) is 3.38. The molecule has 0 aromatic carbocycles. The molecule has 11 heavy (non-hydrogen) atoms. The number of rotatable bonds is 2. The Labute approximate surface area is 66.8 Å². The van der Waals surface area contributed by atoms with Gasteiger partial charge in [0.05, 0.1) is 0 Å². The van der Waals surface area contributed by atoms with E-state index in [1.807, 2.05) is 4.90 Å². The first kappa shape index (κ1) is 7.10. The van der Waals surface area contributed by atoms with E-state index in [9.17, 15) is 4.79 Å². The van der Waals surface area contributed by atoms with Crippen LogP contribution in [0.15, 0.2) is 0 Å². The second-order valence-electron chi connectivity index (χ2n) is 3.38. The van der Waals surface area contributed by atoms with Gasteiger partial charge in [0.25, 0.3) is 0 Å². The molecule has 0 spiro atoms. The smallest absolute Gasteiger partial charge is 0.224 e. The molecule has 0 bridgehead atoms. The molecule has 1 atom stereocenters. The van der Waals surface area contributed by atoms with Crippen LogP contribution in [-0.4, -0.2) is 36.5 Å². The monoisotopic (exact) mass is 154 g/mol. The zero-order valence-corrected chi connectivity index (χ0v) is 6.68. The van der Waals surface area contributed by atoms with Crippen molar-refractivity contribution >= 4 is 5.91 Å². The first-order valence-corrected chi connectivity index (χ1v) is 4.37. The lowest BCUT2D eigenvalue weighted by molar-refractivity contribution is -0.140. The summed E-state index contributed by atoms with van der Waals surface area (Å²) >= 11 is 0. The normalized spacial score (nSPS) is 30.7. The third-order valence-corrected chi connectivity index (χ3v) is 2.55. The average molecular weight is 154 g/mol. The van der Waals surface area contributed by atoms with Crippen LogP contribution in [-0.2, 0) is 4.79 Å². The van der Waals surface area contributed by atoms with Crippen molar-refractivity contribution in [2.24, 2.45) is 0 Å². The summed E-state index contributed by atoms with van der Waals surface area (Å²) in [4.78, 5) is 12.9. The minimum absolute atomic E-state index is 0.332. The van der Waals surface area contributed by atoms with Gasteiger partial charge in [-0.15, -0.1) is 0 Å². The summed E-state index contributed by atoms with van der Waals surface area (Å²) in [6.07, 6.45) is 3.28. The van der Waals surface area contributed by atoms with Crippen molar-refractivity contribution < 1.29 is 4.79 Å². The molecule has 1 unspecified atom stereocenters. The Morgan fingerprint density at radius 2 is 2.55 bits per heavy atom. The SMILES string of the molecule is O=C1CCN1CC1CCCN1. The van der Waals surface area contributed by atoms with Gasteiger partial charge in [0, 0.05) is 25.6 Å². The van der Waals surface area contributed by atoms with Gasteiger partial charge in [-0.2, -0.15) is 0 Å². The molecule has 0 saturated carbocycles. The number of amides is 1. The fourth-order valence-electron chi connectivity index (χ4n) is 1.73. The van der Waals surface area contributed by atoms with E-state index in [4.69, 9.17) is 0 Å². The van der Waals surface area contributed by atoms with Crippen LogP contribution in [0.5, 0.6) is 0 Å². The summed E-state index contributed by atoms with van der Waals surface area (Å²) in [5.41, 5.74) is 0. The first-order chi connectivity index (χ1) is 5.36. The Bertz CT molecular complexity index is 163. The lowest BCUT2D eigenvalue weighted by atomic mass is 10.1. The number of nitrogens with one attached hydrogen (secondary N) is 1. The van der Waals surface area contributed by atoms with E-state index in [0.29, 0.717) is 11.9 Å². The van der Waals surface area contributed by atoms with Crippen molar-refractivity contribution in [3.63, 3.8) is 0 Å². The minimum atomic E-state index is 0.332. The molecule has 2 heterocycles. The Hall–Kier alpha value is -0.570. The topological polar surface area (TPSA) is 32.3 Å². The molecule has 0 aliphatic carbocycles. The molecular formula is C8H14N2O. The molecule has 62 valence electrons. The van der Waals surface area contributed by atoms with E-state index in [2.05, 4.69) is 5.32 Å². The predicted molar refractivity (Wildman–Crippen MR) is 42.2 cm³/mol. The van der Waals surface area contributed by atoms with E-state index in [-0.39, 0.29) is 0 Å². The van der Waals surface area contributed by atoms with Crippen LogP contribution in [0.3, 0.4) is 0 Å². The Morgan fingerprint density at radius 1 is 1.64 bits per heavy atom. The summed E-state index contributed by atoms with van der Waals surface area (Å²) in [5, 5.41) is 3.38. The van der Waals surface area contributed by atoms with Crippen molar-refractivity contribution in [3.8, 4) is 0 Å². The van der Waals surface area contributed by atoms with Gasteiger partial charge in [0.2, 0.25) is 5.91 Å². The summed E-state index contributed by atoms with van der Waals surface area (Å²) in [5.74, 6) is 0.332. The second kappa shape index (κ2) is 2.81. The molecule has 0 radical (unpaired) electrons. The molecule has 2 fully saturated rings. The van der Waals surface area contributed by atoms with Crippen molar-refractivity contribution in [2.75, 3.05) is 19.6 Å². The molecule has 0 aromatic rings. The van der Waals surface area contributed by atoms with Gasteiger partial charge in [-0.25, -0.2) is 0 Å². The standard InChI is InChI=1S/C8H14N2O/c11-8-3-5-10(8)6-7-2-1-4-9-7/h7,9H,1-6H2. The van der Waals surface area contributed by atoms with E-state index in [0.717, 1.165) is 26.1 Å². The molecule has 3 heteroatoms. The first-order valence-electron chi connectivity index (χ1n) is 4.37. The van der Waals surface area contributed by atoms with E-state index in [1.165, 1.54) is 12.8 Å². The van der Waals surface area contributed by atoms with Gasteiger partial charge in [0.1, 0.15) is 0 Å². The van der Waals surface area contributed by atoms with E-state index >= 15 is 0 Å². The van der Waals surface area contributed by atoms with Crippen LogP contribution in [0.1, 0.15) is 19.3 Å². The zero-order valence-electron chi connectivity index (χ0n) is 6.68. The molecule has 2 saturated heterocycles. The average Bonchev–Trinajstić information content (AvgIpc) is 2.49. The van der Waals surface area contributed by atoms with E-state index in [1.54, 1.807) is 0 Å². The maximum Gasteiger partial charge on any atom is 0.224 e. The van der Waals surface area contributed by atoms with Gasteiger partial charge >= 0.3 is 0 Å². The highest BCUT2D eigenvalue weighted by molar-refractivity contribution is 5.81. The zero-order chi connectivity index (χ0) is 7.68. The summed E-state index contributed by atoms with van der Waals surface area (Å²) in [6.45, 7) is 3.06. The predicted octanol–water partition coefficient (Wildman–Crippen LogP) is -0.0293. The highest BCUT2D eigenvalue weighted by atomic mass is 16.2. The molecule has 2 rings (SSSR count). The van der Waals surface area contributed by atoms with Gasteiger partial charge < -0.3 is 10.2 Å². The number of carbonyl (C=O) groups is 1. The number of β-lactam (4-membered cyclic amide) rings is 1. The quantitative estimate of drug-likeness (QED) is 0.566. The van der Waals surface area contributed by atoms with Crippen LogP contribution < -0.4 is 5.32 Å². The van der Waals surface area contributed by atoms with Crippen molar-refractivity contribution in [2.45, 2.75) is 25.3 Å². The van der Waals surface area contributed by atoms with Crippen molar-refractivity contribution in [1.82, 2.24) is 10.2 Å². The Balaban J connectivity index is 1.76. The summed E-state index contributed by atoms with van der Waals surface area (Å²) in [6, 6.07) is 0.583. The molecule has 3 nitrogen and oxygen atoms in total. The van der Waals surface area contributed by atoms with Gasteiger partial charge in [-0.1, -0.05) is 0 Å². The third kappa shape index (κ3) is 1.38. The largest absolute Gasteiger partial charge is 0.341 e. The lowest BCUT2D eigenvalue weighted by Crippen LogP contribution is -2.49. The van der Waals surface area contributed by atoms with Crippen LogP contribution >= 0.6 is 0 Å². The lowest BCUT2D eigenvalue weighted by Gasteiger charge is -2.32. The number of hydrogen-bond acceptors (Lipinski definition) is 2. The van der Waals surface area contributed by atoms with Gasteiger partial charge in [-0.05, 0) is 19.4 Å². The molecule has 2 aliphatic heterocycles. The highest BCUT2D eigenvalue weighted by Crippen LogP contribution is 2.13. The number of hydrogen-bond donors (Lipinski definition) is 1. The number of carbonyl (C=O) groups excluding carboxylic acids is 1. The summed E-state index contributed by atoms with van der Waals surface area (Å²) in [7, 11) is 0. The number of nitrogens with zero attached hydrogens (tertiary/aromatic N) is 1. The Kier molecular flexibility index (Phi) is 1.82. The van der Waals surface area contributed by atoms with Crippen molar-refractivity contribution in [1.29, 1.82) is 0 Å². The third-order valence-electron chi connectivity index (χ3n) is 2.55. The fourth-order valence-corrected chi connectivity index (χ4v) is 1.73. The number of likely N-dealkylation sites (tertiary alicyclic amines) is 1. The molecule has 1 amide bonds. The van der Waals surface area contributed by atoms with Crippen molar-refractivity contribution in [3.05, 3.63) is 0 Å². The maximum atomic E-state index is 10.9. The molecule has 2 aliphatic rings. The minimum Gasteiger partial charge on any atom is -0.341 e. The fraction of sp³-hybridized carbons (Fsp3) is 0.875. The van der Waals surface area contributed by atoms with Crippen LogP contribution in [0.4, 0.5) is 0 Å². The van der Waals surface area contributed by atoms with Gasteiger partial charge in [-0.3, -0.25) is 4.79 Å². The highest BCUT2D eigenvalue weighted by Gasteiger charge is 2.27. The molecule has 0 aromatic heterocycles. The van der Waals surface area contributed by atoms with Gasteiger partial charge in [0.15, 0.2) is 0 Å². The molecular weight excluding hydrogens is 140 g/mol. The van der Waals surface area contributed by atoms with Crippen LogP contribution in [0.25, 0.3) is 0 Å². The Morgan fingerprint density at radius 3 is 3.00 bits per heavy atom. The van der Waals surface area contributed by atoms with Crippen LogP contribution in [0, 0.1) is 0 Å². The maximum absolute atomic E-state index is 10.9. The van der Waals surface area contributed by atoms with E-state index < -0.39 is 0 Å².